The van der Waals surface area contributed by atoms with Gasteiger partial charge in [0, 0.05) is 18.4 Å². The monoisotopic (exact) mass is 151 g/mol. The van der Waals surface area contributed by atoms with Crippen molar-refractivity contribution in [2.45, 2.75) is 25.8 Å². The zero-order valence-corrected chi connectivity index (χ0v) is 6.70. The van der Waals surface area contributed by atoms with Crippen molar-refractivity contribution in [3.63, 3.8) is 0 Å². The van der Waals surface area contributed by atoms with Crippen LogP contribution in [0.1, 0.15) is 18.9 Å². The summed E-state index contributed by atoms with van der Waals surface area (Å²) in [5.41, 5.74) is 6.76. The fourth-order valence-corrected chi connectivity index (χ4v) is 0.853. The van der Waals surface area contributed by atoms with Gasteiger partial charge in [-0.1, -0.05) is 0 Å². The normalized spacial score (nSPS) is 12.9. The van der Waals surface area contributed by atoms with Gasteiger partial charge in [0.25, 0.3) is 0 Å². The van der Waals surface area contributed by atoms with Gasteiger partial charge < -0.3 is 5.73 Å². The van der Waals surface area contributed by atoms with Gasteiger partial charge in [-0.05, 0) is 25.3 Å². The zero-order valence-electron chi connectivity index (χ0n) is 6.70. The van der Waals surface area contributed by atoms with Gasteiger partial charge in [0.05, 0.1) is 0 Å². The molecule has 0 amide bonds. The van der Waals surface area contributed by atoms with Crippen molar-refractivity contribution < 1.29 is 0 Å². The third-order valence-corrected chi connectivity index (χ3v) is 1.50. The highest BCUT2D eigenvalue weighted by atomic mass is 14.8. The Bertz CT molecular complexity index is 196. The smallest absolute Gasteiger partial charge is 0.115 e. The van der Waals surface area contributed by atoms with Crippen LogP contribution in [0, 0.1) is 0 Å². The number of nitrogens with two attached hydrogens (primary N) is 1. The van der Waals surface area contributed by atoms with Crippen molar-refractivity contribution in [2.24, 2.45) is 5.73 Å². The molecule has 1 aromatic heterocycles. The first-order chi connectivity index (χ1) is 5.29. The third-order valence-electron chi connectivity index (χ3n) is 1.50. The van der Waals surface area contributed by atoms with Gasteiger partial charge in [0.2, 0.25) is 0 Å². The van der Waals surface area contributed by atoms with Crippen molar-refractivity contribution in [3.8, 4) is 0 Å². The van der Waals surface area contributed by atoms with Crippen molar-refractivity contribution in [2.75, 3.05) is 0 Å². The maximum atomic E-state index is 5.60. The van der Waals surface area contributed by atoms with Crippen LogP contribution in [-0.2, 0) is 6.42 Å². The molecule has 0 aliphatic rings. The van der Waals surface area contributed by atoms with Crippen molar-refractivity contribution in [3.05, 3.63) is 24.3 Å². The van der Waals surface area contributed by atoms with Crippen LogP contribution in [0.25, 0.3) is 0 Å². The molecule has 0 saturated carbocycles. The molecule has 60 valence electrons. The molecule has 0 aliphatic heterocycles. The molecular weight excluding hydrogens is 138 g/mol. The van der Waals surface area contributed by atoms with Crippen LogP contribution in [0.3, 0.4) is 0 Å². The second kappa shape index (κ2) is 4.03. The molecular formula is C8H13N3. The number of rotatable bonds is 3. The minimum atomic E-state index is 0.259. The SMILES string of the molecule is C[C@H](N)CCc1cncnc1. The molecule has 1 aromatic rings. The van der Waals surface area contributed by atoms with E-state index < -0.39 is 0 Å². The lowest BCUT2D eigenvalue weighted by atomic mass is 10.1. The average molecular weight is 151 g/mol. The number of hydrogen-bond donors (Lipinski definition) is 1. The molecule has 0 fully saturated rings. The molecule has 1 rings (SSSR count). The van der Waals surface area contributed by atoms with Gasteiger partial charge in [-0.15, -0.1) is 0 Å². The molecule has 11 heavy (non-hydrogen) atoms. The summed E-state index contributed by atoms with van der Waals surface area (Å²) in [5, 5.41) is 0. The van der Waals surface area contributed by atoms with Crippen molar-refractivity contribution in [1.82, 2.24) is 9.97 Å². The van der Waals surface area contributed by atoms with Crippen LogP contribution < -0.4 is 5.73 Å². The molecule has 0 saturated heterocycles. The molecule has 0 bridgehead atoms. The Balaban J connectivity index is 2.39. The summed E-state index contributed by atoms with van der Waals surface area (Å²) in [6, 6.07) is 0.259. The Hall–Kier alpha value is -0.960. The van der Waals surface area contributed by atoms with E-state index in [-0.39, 0.29) is 6.04 Å². The summed E-state index contributed by atoms with van der Waals surface area (Å²) in [6.45, 7) is 2.00. The summed E-state index contributed by atoms with van der Waals surface area (Å²) in [7, 11) is 0. The Kier molecular flexibility index (Phi) is 2.98. The molecule has 1 heterocycles. The van der Waals surface area contributed by atoms with E-state index in [0.29, 0.717) is 0 Å². The van der Waals surface area contributed by atoms with Crippen LogP contribution in [0.5, 0.6) is 0 Å². The fraction of sp³-hybridized carbons (Fsp3) is 0.500. The standard InChI is InChI=1S/C8H13N3/c1-7(9)2-3-8-4-10-6-11-5-8/h4-7H,2-3,9H2,1H3/t7-/m0/s1. The summed E-state index contributed by atoms with van der Waals surface area (Å²) in [4.78, 5) is 7.82. The van der Waals surface area contributed by atoms with Crippen molar-refractivity contribution >= 4 is 0 Å². The molecule has 3 heteroatoms. The van der Waals surface area contributed by atoms with Gasteiger partial charge in [-0.3, -0.25) is 0 Å². The number of aromatic nitrogens is 2. The molecule has 0 aromatic carbocycles. The van der Waals surface area contributed by atoms with Crippen LogP contribution in [0.15, 0.2) is 18.7 Å². The first-order valence-electron chi connectivity index (χ1n) is 3.78. The molecule has 2 N–H and O–H groups in total. The van der Waals surface area contributed by atoms with Crippen LogP contribution >= 0.6 is 0 Å². The van der Waals surface area contributed by atoms with Gasteiger partial charge in [-0.25, -0.2) is 9.97 Å². The van der Waals surface area contributed by atoms with E-state index in [4.69, 9.17) is 5.73 Å². The van der Waals surface area contributed by atoms with Crippen LogP contribution in [-0.4, -0.2) is 16.0 Å². The first kappa shape index (κ1) is 8.14. The zero-order chi connectivity index (χ0) is 8.10. The Labute approximate surface area is 66.7 Å². The highest BCUT2D eigenvalue weighted by Gasteiger charge is 1.95. The Morgan fingerprint density at radius 3 is 2.64 bits per heavy atom. The minimum absolute atomic E-state index is 0.259. The Morgan fingerprint density at radius 1 is 1.45 bits per heavy atom. The Morgan fingerprint density at radius 2 is 2.09 bits per heavy atom. The minimum Gasteiger partial charge on any atom is -0.328 e. The number of aryl methyl sites for hydroxylation is 1. The van der Waals surface area contributed by atoms with E-state index in [9.17, 15) is 0 Å². The molecule has 0 radical (unpaired) electrons. The van der Waals surface area contributed by atoms with E-state index in [1.54, 1.807) is 0 Å². The topological polar surface area (TPSA) is 51.8 Å². The maximum absolute atomic E-state index is 5.60. The largest absolute Gasteiger partial charge is 0.328 e. The molecule has 0 unspecified atom stereocenters. The van der Waals surface area contributed by atoms with E-state index >= 15 is 0 Å². The summed E-state index contributed by atoms with van der Waals surface area (Å²) < 4.78 is 0. The van der Waals surface area contributed by atoms with Gasteiger partial charge >= 0.3 is 0 Å². The van der Waals surface area contributed by atoms with E-state index in [1.165, 1.54) is 6.33 Å². The molecule has 3 nitrogen and oxygen atoms in total. The fourth-order valence-electron chi connectivity index (χ4n) is 0.853. The third kappa shape index (κ3) is 3.09. The molecule has 0 aliphatic carbocycles. The van der Waals surface area contributed by atoms with Gasteiger partial charge in [0.15, 0.2) is 0 Å². The van der Waals surface area contributed by atoms with E-state index in [0.717, 1.165) is 18.4 Å². The summed E-state index contributed by atoms with van der Waals surface area (Å²) in [5.74, 6) is 0. The predicted molar refractivity (Wildman–Crippen MR) is 44.0 cm³/mol. The lowest BCUT2D eigenvalue weighted by Crippen LogP contribution is -2.15. The second-order valence-corrected chi connectivity index (χ2v) is 2.76. The summed E-state index contributed by atoms with van der Waals surface area (Å²) in [6.07, 6.45) is 7.16. The lowest BCUT2D eigenvalue weighted by Gasteiger charge is -2.02. The number of hydrogen-bond acceptors (Lipinski definition) is 3. The van der Waals surface area contributed by atoms with E-state index in [2.05, 4.69) is 9.97 Å². The highest BCUT2D eigenvalue weighted by Crippen LogP contribution is 1.99. The molecule has 0 spiro atoms. The molecule has 1 atom stereocenters. The van der Waals surface area contributed by atoms with Crippen LogP contribution in [0.4, 0.5) is 0 Å². The van der Waals surface area contributed by atoms with Gasteiger partial charge in [0.1, 0.15) is 6.33 Å². The lowest BCUT2D eigenvalue weighted by molar-refractivity contribution is 0.663. The second-order valence-electron chi connectivity index (χ2n) is 2.76. The van der Waals surface area contributed by atoms with Crippen molar-refractivity contribution in [1.29, 1.82) is 0 Å². The first-order valence-corrected chi connectivity index (χ1v) is 3.78. The maximum Gasteiger partial charge on any atom is 0.115 e. The number of nitrogens with zero attached hydrogens (tertiary/aromatic N) is 2. The average Bonchev–Trinajstić information content (AvgIpc) is 2.03. The predicted octanol–water partition coefficient (Wildman–Crippen LogP) is 0.756. The highest BCUT2D eigenvalue weighted by molar-refractivity contribution is 5.02. The van der Waals surface area contributed by atoms with E-state index in [1.807, 2.05) is 19.3 Å². The quantitative estimate of drug-likeness (QED) is 0.693. The summed E-state index contributed by atoms with van der Waals surface area (Å²) >= 11 is 0. The van der Waals surface area contributed by atoms with Gasteiger partial charge in [-0.2, -0.15) is 0 Å². The van der Waals surface area contributed by atoms with Crippen LogP contribution in [0.2, 0.25) is 0 Å².